The number of carbonyl (C=O) groups excluding carboxylic acids is 2. The van der Waals surface area contributed by atoms with Gasteiger partial charge in [-0.2, -0.15) is 0 Å². The highest BCUT2D eigenvalue weighted by molar-refractivity contribution is 9.10. The molecule has 1 unspecified atom stereocenters. The number of halogens is 1. The fourth-order valence-corrected chi connectivity index (χ4v) is 2.71. The Morgan fingerprint density at radius 3 is 2.55 bits per heavy atom. The molecule has 1 heterocycles. The van der Waals surface area contributed by atoms with Crippen molar-refractivity contribution < 1.29 is 19.5 Å². The van der Waals surface area contributed by atoms with E-state index in [0.717, 1.165) is 17.3 Å². The van der Waals surface area contributed by atoms with Gasteiger partial charge < -0.3 is 15.3 Å². The van der Waals surface area contributed by atoms with E-state index in [1.165, 1.54) is 4.90 Å². The first-order valence-corrected chi connectivity index (χ1v) is 7.84. The maximum Gasteiger partial charge on any atom is 0.326 e. The standard InChI is InChI=1S/C15H17BrN2O4/c16-11-6-4-10(5-7-11)14(20)17-9-13(19)18-8-2-1-3-12(18)15(21)22/h4-7,12H,1-3,8-9H2,(H,17,20)(H,21,22). The molecular formula is C15H17BrN2O4. The summed E-state index contributed by atoms with van der Waals surface area (Å²) in [6.45, 7) is 0.225. The van der Waals surface area contributed by atoms with Crippen molar-refractivity contribution in [1.29, 1.82) is 0 Å². The van der Waals surface area contributed by atoms with E-state index in [4.69, 9.17) is 5.11 Å². The van der Waals surface area contributed by atoms with Crippen molar-refractivity contribution in [2.75, 3.05) is 13.1 Å². The molecule has 2 rings (SSSR count). The zero-order valence-corrected chi connectivity index (χ0v) is 13.5. The van der Waals surface area contributed by atoms with E-state index in [0.29, 0.717) is 18.5 Å². The average Bonchev–Trinajstić information content (AvgIpc) is 2.53. The van der Waals surface area contributed by atoms with E-state index in [9.17, 15) is 14.4 Å². The van der Waals surface area contributed by atoms with Gasteiger partial charge in [-0.05, 0) is 43.5 Å². The molecule has 1 aliphatic heterocycles. The lowest BCUT2D eigenvalue weighted by Crippen LogP contribution is -2.51. The minimum Gasteiger partial charge on any atom is -0.480 e. The second-order valence-electron chi connectivity index (χ2n) is 5.13. The predicted octanol–water partition coefficient (Wildman–Crippen LogP) is 1.64. The zero-order chi connectivity index (χ0) is 16.1. The summed E-state index contributed by atoms with van der Waals surface area (Å²) < 4.78 is 0.859. The zero-order valence-electron chi connectivity index (χ0n) is 11.9. The number of piperidine rings is 1. The number of nitrogens with one attached hydrogen (secondary N) is 1. The highest BCUT2D eigenvalue weighted by Crippen LogP contribution is 2.17. The third kappa shape index (κ3) is 4.07. The van der Waals surface area contributed by atoms with E-state index < -0.39 is 12.0 Å². The number of likely N-dealkylation sites (tertiary alicyclic amines) is 1. The first-order valence-electron chi connectivity index (χ1n) is 7.05. The van der Waals surface area contributed by atoms with E-state index in [-0.39, 0.29) is 18.4 Å². The maximum absolute atomic E-state index is 12.1. The van der Waals surface area contributed by atoms with Gasteiger partial charge in [0.1, 0.15) is 6.04 Å². The van der Waals surface area contributed by atoms with Crippen LogP contribution < -0.4 is 5.32 Å². The van der Waals surface area contributed by atoms with E-state index in [2.05, 4.69) is 21.2 Å². The van der Waals surface area contributed by atoms with Crippen molar-refractivity contribution in [3.8, 4) is 0 Å². The minimum atomic E-state index is -0.993. The second-order valence-corrected chi connectivity index (χ2v) is 6.04. The van der Waals surface area contributed by atoms with Crippen LogP contribution in [-0.4, -0.2) is 46.9 Å². The van der Waals surface area contributed by atoms with Gasteiger partial charge in [0.2, 0.25) is 5.91 Å². The van der Waals surface area contributed by atoms with Crippen LogP contribution >= 0.6 is 15.9 Å². The van der Waals surface area contributed by atoms with Crippen molar-refractivity contribution in [3.05, 3.63) is 34.3 Å². The maximum atomic E-state index is 12.1. The van der Waals surface area contributed by atoms with Gasteiger partial charge in [-0.1, -0.05) is 15.9 Å². The lowest BCUT2D eigenvalue weighted by molar-refractivity contribution is -0.151. The summed E-state index contributed by atoms with van der Waals surface area (Å²) in [5, 5.41) is 11.7. The number of nitrogens with zero attached hydrogens (tertiary/aromatic N) is 1. The molecule has 2 amide bonds. The summed E-state index contributed by atoms with van der Waals surface area (Å²) >= 11 is 3.28. The van der Waals surface area contributed by atoms with Crippen molar-refractivity contribution in [2.45, 2.75) is 25.3 Å². The SMILES string of the molecule is O=C(NCC(=O)N1CCCCC1C(=O)O)c1ccc(Br)cc1. The summed E-state index contributed by atoms with van der Waals surface area (Å²) in [5.74, 6) is -1.71. The molecular weight excluding hydrogens is 352 g/mol. The number of hydrogen-bond donors (Lipinski definition) is 2. The van der Waals surface area contributed by atoms with Crippen LogP contribution in [0.5, 0.6) is 0 Å². The van der Waals surface area contributed by atoms with Gasteiger partial charge in [0.05, 0.1) is 6.54 Å². The summed E-state index contributed by atoms with van der Waals surface area (Å²) in [6, 6.07) is 5.98. The summed E-state index contributed by atoms with van der Waals surface area (Å²) in [7, 11) is 0. The normalized spacial score (nSPS) is 17.9. The summed E-state index contributed by atoms with van der Waals surface area (Å²) in [4.78, 5) is 36.6. The molecule has 0 spiro atoms. The Hall–Kier alpha value is -1.89. The molecule has 2 N–H and O–H groups in total. The highest BCUT2D eigenvalue weighted by atomic mass is 79.9. The van der Waals surface area contributed by atoms with Crippen molar-refractivity contribution in [3.63, 3.8) is 0 Å². The Morgan fingerprint density at radius 1 is 1.23 bits per heavy atom. The molecule has 0 bridgehead atoms. The molecule has 7 heteroatoms. The number of carboxylic acid groups (broad SMARTS) is 1. The molecule has 1 aromatic carbocycles. The van der Waals surface area contributed by atoms with Crippen molar-refractivity contribution >= 4 is 33.7 Å². The Kier molecular flexibility index (Phi) is 5.54. The molecule has 118 valence electrons. The van der Waals surface area contributed by atoms with E-state index in [1.54, 1.807) is 24.3 Å². The van der Waals surface area contributed by atoms with Crippen LogP contribution in [-0.2, 0) is 9.59 Å². The summed E-state index contributed by atoms with van der Waals surface area (Å²) in [5.41, 5.74) is 0.449. The number of benzene rings is 1. The second kappa shape index (κ2) is 7.40. The molecule has 1 aliphatic rings. The van der Waals surface area contributed by atoms with Crippen LogP contribution in [0.15, 0.2) is 28.7 Å². The number of aliphatic carboxylic acids is 1. The Morgan fingerprint density at radius 2 is 1.91 bits per heavy atom. The topological polar surface area (TPSA) is 86.7 Å². The van der Waals surface area contributed by atoms with Crippen molar-refractivity contribution in [2.24, 2.45) is 0 Å². The molecule has 22 heavy (non-hydrogen) atoms. The average molecular weight is 369 g/mol. The smallest absolute Gasteiger partial charge is 0.326 e. The van der Waals surface area contributed by atoms with Crippen molar-refractivity contribution in [1.82, 2.24) is 10.2 Å². The molecule has 1 saturated heterocycles. The van der Waals surface area contributed by atoms with E-state index in [1.807, 2.05) is 0 Å². The summed E-state index contributed by atoms with van der Waals surface area (Å²) in [6.07, 6.45) is 2.05. The third-order valence-corrected chi connectivity index (χ3v) is 4.14. The first-order chi connectivity index (χ1) is 10.5. The van der Waals surface area contributed by atoms with E-state index >= 15 is 0 Å². The first kappa shape index (κ1) is 16.5. The molecule has 6 nitrogen and oxygen atoms in total. The molecule has 1 fully saturated rings. The fourth-order valence-electron chi connectivity index (χ4n) is 2.45. The monoisotopic (exact) mass is 368 g/mol. The lowest BCUT2D eigenvalue weighted by atomic mass is 10.0. The largest absolute Gasteiger partial charge is 0.480 e. The number of carboxylic acids is 1. The highest BCUT2D eigenvalue weighted by Gasteiger charge is 2.31. The van der Waals surface area contributed by atoms with Gasteiger partial charge in [-0.3, -0.25) is 9.59 Å². The fraction of sp³-hybridized carbons (Fsp3) is 0.400. The van der Waals surface area contributed by atoms with Crippen LogP contribution in [0, 0.1) is 0 Å². The molecule has 0 saturated carbocycles. The minimum absolute atomic E-state index is 0.196. The van der Waals surface area contributed by atoms with Gasteiger partial charge >= 0.3 is 5.97 Å². The lowest BCUT2D eigenvalue weighted by Gasteiger charge is -2.33. The molecule has 0 aliphatic carbocycles. The van der Waals surface area contributed by atoms with Crippen LogP contribution in [0.1, 0.15) is 29.6 Å². The number of amides is 2. The van der Waals surface area contributed by atoms with Crippen LogP contribution in [0.3, 0.4) is 0 Å². The Balaban J connectivity index is 1.92. The van der Waals surface area contributed by atoms with Gasteiger partial charge in [0.15, 0.2) is 0 Å². The number of hydrogen-bond acceptors (Lipinski definition) is 3. The molecule has 0 radical (unpaired) electrons. The van der Waals surface area contributed by atoms with Crippen LogP contribution in [0.2, 0.25) is 0 Å². The third-order valence-electron chi connectivity index (χ3n) is 3.61. The van der Waals surface area contributed by atoms with Gasteiger partial charge in [-0.25, -0.2) is 4.79 Å². The quantitative estimate of drug-likeness (QED) is 0.845. The number of carbonyl (C=O) groups is 3. The Labute approximate surface area is 136 Å². The molecule has 1 atom stereocenters. The molecule has 1 aromatic rings. The Bertz CT molecular complexity index is 573. The van der Waals surface area contributed by atoms with Crippen LogP contribution in [0.4, 0.5) is 0 Å². The van der Waals surface area contributed by atoms with Gasteiger partial charge in [0, 0.05) is 16.6 Å². The van der Waals surface area contributed by atoms with Gasteiger partial charge in [-0.15, -0.1) is 0 Å². The number of rotatable bonds is 4. The van der Waals surface area contributed by atoms with Gasteiger partial charge in [0.25, 0.3) is 5.91 Å². The molecule has 0 aromatic heterocycles. The predicted molar refractivity (Wildman–Crippen MR) is 83.5 cm³/mol. The van der Waals surface area contributed by atoms with Crippen LogP contribution in [0.25, 0.3) is 0 Å².